The monoisotopic (exact) mass is 259 g/mol. The van der Waals surface area contributed by atoms with Gasteiger partial charge in [0.25, 0.3) is 0 Å². The third kappa shape index (κ3) is 5.75. The lowest BCUT2D eigenvalue weighted by atomic mass is 10.1. The van der Waals surface area contributed by atoms with E-state index in [1.54, 1.807) is 0 Å². The van der Waals surface area contributed by atoms with Crippen LogP contribution in [0.5, 0.6) is 0 Å². The summed E-state index contributed by atoms with van der Waals surface area (Å²) in [5, 5.41) is 1.86. The molecule has 0 saturated carbocycles. The van der Waals surface area contributed by atoms with E-state index < -0.39 is 0 Å². The van der Waals surface area contributed by atoms with Crippen LogP contribution in [0.1, 0.15) is 44.9 Å². The molecule has 0 aliphatic heterocycles. The first-order valence-electron chi connectivity index (χ1n) is 6.09. The number of aryl methyl sites for hydroxylation is 1. The van der Waals surface area contributed by atoms with Crippen molar-refractivity contribution in [3.05, 3.63) is 21.2 Å². The van der Waals surface area contributed by atoms with Crippen LogP contribution < -0.4 is 4.87 Å². The van der Waals surface area contributed by atoms with Crippen molar-refractivity contribution in [2.75, 3.05) is 5.75 Å². The second-order valence-electron chi connectivity index (χ2n) is 4.06. The van der Waals surface area contributed by atoms with E-state index in [2.05, 4.69) is 12.6 Å². The third-order valence-corrected chi connectivity index (χ3v) is 3.71. The highest BCUT2D eigenvalue weighted by atomic mass is 32.1. The van der Waals surface area contributed by atoms with E-state index in [9.17, 15) is 4.79 Å². The zero-order chi connectivity index (χ0) is 11.6. The number of thiol groups is 1. The minimum absolute atomic E-state index is 0.175. The minimum atomic E-state index is 0.175. The minimum Gasteiger partial charge on any atom is -0.306 e. The lowest BCUT2D eigenvalue weighted by molar-refractivity contribution is 0.548. The Balaban J connectivity index is 1.93. The molecule has 0 fully saturated rings. The Labute approximate surface area is 107 Å². The maximum atomic E-state index is 11.2. The SMILES string of the molecule is O=c1sccn1CCCCCCCCCS. The van der Waals surface area contributed by atoms with E-state index in [-0.39, 0.29) is 4.87 Å². The standard InChI is InChI=1S/C12H21NOS2/c14-12-13(9-11-16-12)8-6-4-2-1-3-5-7-10-15/h9,11,15H,1-8,10H2. The first-order valence-corrected chi connectivity index (χ1v) is 7.60. The summed E-state index contributed by atoms with van der Waals surface area (Å²) in [7, 11) is 0. The normalized spacial score (nSPS) is 10.8. The molecule has 0 atom stereocenters. The topological polar surface area (TPSA) is 22.0 Å². The second kappa shape index (κ2) is 8.88. The molecular weight excluding hydrogens is 238 g/mol. The van der Waals surface area contributed by atoms with Gasteiger partial charge in [0.2, 0.25) is 0 Å². The van der Waals surface area contributed by atoms with Crippen molar-refractivity contribution in [1.82, 2.24) is 4.57 Å². The first-order chi connectivity index (χ1) is 7.84. The molecular formula is C12H21NOS2. The molecule has 0 spiro atoms. The molecule has 1 aromatic rings. The van der Waals surface area contributed by atoms with Gasteiger partial charge in [-0.1, -0.05) is 43.4 Å². The quantitative estimate of drug-likeness (QED) is 0.531. The molecule has 2 nitrogen and oxygen atoms in total. The van der Waals surface area contributed by atoms with E-state index in [0.717, 1.165) is 18.7 Å². The van der Waals surface area contributed by atoms with Crippen molar-refractivity contribution in [2.24, 2.45) is 0 Å². The predicted octanol–water partition coefficient (Wildman–Crippen LogP) is 3.57. The number of hydrogen-bond acceptors (Lipinski definition) is 3. The fourth-order valence-electron chi connectivity index (χ4n) is 1.73. The number of hydrogen-bond donors (Lipinski definition) is 1. The van der Waals surface area contributed by atoms with Crippen LogP contribution in [0.3, 0.4) is 0 Å². The largest absolute Gasteiger partial charge is 0.307 e. The highest BCUT2D eigenvalue weighted by Crippen LogP contribution is 2.08. The first kappa shape index (κ1) is 13.8. The van der Waals surface area contributed by atoms with Gasteiger partial charge in [0, 0.05) is 18.1 Å². The Morgan fingerprint density at radius 1 is 1.06 bits per heavy atom. The summed E-state index contributed by atoms with van der Waals surface area (Å²) >= 11 is 5.47. The van der Waals surface area contributed by atoms with E-state index >= 15 is 0 Å². The van der Waals surface area contributed by atoms with Crippen molar-refractivity contribution in [1.29, 1.82) is 0 Å². The van der Waals surface area contributed by atoms with Gasteiger partial charge < -0.3 is 4.57 Å². The summed E-state index contributed by atoms with van der Waals surface area (Å²) in [5.74, 6) is 1.01. The number of nitrogens with zero attached hydrogens (tertiary/aromatic N) is 1. The van der Waals surface area contributed by atoms with Gasteiger partial charge in [-0.2, -0.15) is 12.6 Å². The number of aromatic nitrogens is 1. The summed E-state index contributed by atoms with van der Waals surface area (Å²) in [6.07, 6.45) is 10.8. The van der Waals surface area contributed by atoms with Crippen LogP contribution in [-0.2, 0) is 6.54 Å². The van der Waals surface area contributed by atoms with Crippen molar-refractivity contribution in [3.8, 4) is 0 Å². The maximum absolute atomic E-state index is 11.2. The summed E-state index contributed by atoms with van der Waals surface area (Å²) < 4.78 is 1.81. The summed E-state index contributed by atoms with van der Waals surface area (Å²) in [5.41, 5.74) is 0. The highest BCUT2D eigenvalue weighted by Gasteiger charge is 1.96. The Hall–Kier alpha value is -0.220. The number of unbranched alkanes of at least 4 members (excludes halogenated alkanes) is 6. The average Bonchev–Trinajstić information content (AvgIpc) is 2.68. The van der Waals surface area contributed by atoms with Crippen LogP contribution in [0.4, 0.5) is 0 Å². The van der Waals surface area contributed by atoms with Gasteiger partial charge in [-0.3, -0.25) is 4.79 Å². The van der Waals surface area contributed by atoms with Gasteiger partial charge in [-0.25, -0.2) is 0 Å². The van der Waals surface area contributed by atoms with Crippen LogP contribution in [0, 0.1) is 0 Å². The van der Waals surface area contributed by atoms with E-state index in [1.807, 2.05) is 16.1 Å². The van der Waals surface area contributed by atoms with E-state index in [1.165, 1.54) is 49.9 Å². The molecule has 4 heteroatoms. The number of thiazole rings is 1. The van der Waals surface area contributed by atoms with E-state index in [4.69, 9.17) is 0 Å². The lowest BCUT2D eigenvalue weighted by Gasteiger charge is -2.02. The van der Waals surface area contributed by atoms with Crippen molar-refractivity contribution in [3.63, 3.8) is 0 Å². The molecule has 0 N–H and O–H groups in total. The van der Waals surface area contributed by atoms with Crippen LogP contribution >= 0.6 is 24.0 Å². The molecule has 0 amide bonds. The van der Waals surface area contributed by atoms with Crippen molar-refractivity contribution < 1.29 is 0 Å². The van der Waals surface area contributed by atoms with E-state index in [0.29, 0.717) is 0 Å². The van der Waals surface area contributed by atoms with Gasteiger partial charge in [-0.15, -0.1) is 0 Å². The second-order valence-corrected chi connectivity index (χ2v) is 5.37. The third-order valence-electron chi connectivity index (χ3n) is 2.70. The van der Waals surface area contributed by atoms with Crippen LogP contribution in [0.25, 0.3) is 0 Å². The fourth-order valence-corrected chi connectivity index (χ4v) is 2.57. The molecule has 0 aliphatic carbocycles. The van der Waals surface area contributed by atoms with Gasteiger partial charge in [0.1, 0.15) is 0 Å². The Bertz CT molecular complexity index is 319. The molecule has 1 rings (SSSR count). The molecule has 92 valence electrons. The zero-order valence-corrected chi connectivity index (χ0v) is 11.4. The molecule has 0 unspecified atom stereocenters. The van der Waals surface area contributed by atoms with Gasteiger partial charge in [0.15, 0.2) is 0 Å². The van der Waals surface area contributed by atoms with Crippen LogP contribution in [0.2, 0.25) is 0 Å². The van der Waals surface area contributed by atoms with Gasteiger partial charge in [-0.05, 0) is 18.6 Å². The molecule has 0 aliphatic rings. The Kier molecular flexibility index (Phi) is 7.68. The van der Waals surface area contributed by atoms with Crippen LogP contribution in [0.15, 0.2) is 16.4 Å². The molecule has 1 aromatic heterocycles. The van der Waals surface area contributed by atoms with Crippen molar-refractivity contribution >= 4 is 24.0 Å². The smallest absolute Gasteiger partial charge is 0.306 e. The molecule has 0 bridgehead atoms. The average molecular weight is 259 g/mol. The Morgan fingerprint density at radius 3 is 2.25 bits per heavy atom. The summed E-state index contributed by atoms with van der Waals surface area (Å²) in [4.78, 5) is 11.4. The molecule has 1 heterocycles. The molecule has 0 aromatic carbocycles. The predicted molar refractivity (Wildman–Crippen MR) is 74.8 cm³/mol. The van der Waals surface area contributed by atoms with Gasteiger partial charge in [0.05, 0.1) is 0 Å². The lowest BCUT2D eigenvalue weighted by Crippen LogP contribution is -2.11. The summed E-state index contributed by atoms with van der Waals surface area (Å²) in [6, 6.07) is 0. The highest BCUT2D eigenvalue weighted by molar-refractivity contribution is 7.80. The number of rotatable bonds is 9. The fraction of sp³-hybridized carbons (Fsp3) is 0.750. The van der Waals surface area contributed by atoms with Crippen LogP contribution in [-0.4, -0.2) is 10.3 Å². The molecule has 0 saturated heterocycles. The Morgan fingerprint density at radius 2 is 1.69 bits per heavy atom. The van der Waals surface area contributed by atoms with Crippen molar-refractivity contribution in [2.45, 2.75) is 51.5 Å². The summed E-state index contributed by atoms with van der Waals surface area (Å²) in [6.45, 7) is 0.888. The van der Waals surface area contributed by atoms with Gasteiger partial charge >= 0.3 is 4.87 Å². The molecule has 0 radical (unpaired) electrons. The maximum Gasteiger partial charge on any atom is 0.307 e. The molecule has 16 heavy (non-hydrogen) atoms. The zero-order valence-electron chi connectivity index (χ0n) is 9.73.